The minimum atomic E-state index is -0.152. The Bertz CT molecular complexity index is 1180. The number of nitrogens with zero attached hydrogens (tertiary/aromatic N) is 4. The Labute approximate surface area is 192 Å². The van der Waals surface area contributed by atoms with E-state index in [-0.39, 0.29) is 11.5 Å². The largest absolute Gasteiger partial charge is 0.497 e. The van der Waals surface area contributed by atoms with Gasteiger partial charge in [0.2, 0.25) is 5.78 Å². The van der Waals surface area contributed by atoms with Crippen LogP contribution in [-0.2, 0) is 13.2 Å². The van der Waals surface area contributed by atoms with Crippen LogP contribution in [0.4, 0.5) is 0 Å². The average Bonchev–Trinajstić information content (AvgIpc) is 3.58. The molecule has 3 heterocycles. The van der Waals surface area contributed by atoms with E-state index in [1.165, 1.54) is 25.9 Å². The van der Waals surface area contributed by atoms with Crippen LogP contribution in [0.2, 0.25) is 0 Å². The third kappa shape index (κ3) is 4.90. The maximum Gasteiger partial charge on any atom is 0.231 e. The first kappa shape index (κ1) is 21.2. The molecular formula is C25H26N4O4. The van der Waals surface area contributed by atoms with Crippen molar-refractivity contribution in [2.75, 3.05) is 26.7 Å². The predicted molar refractivity (Wildman–Crippen MR) is 122 cm³/mol. The van der Waals surface area contributed by atoms with E-state index in [0.29, 0.717) is 23.7 Å². The number of fused-ring (bicyclic) bond motifs is 1. The summed E-state index contributed by atoms with van der Waals surface area (Å²) >= 11 is 0. The summed E-state index contributed by atoms with van der Waals surface area (Å²) in [6.07, 6.45) is 6.19. The number of rotatable bonds is 8. The summed E-state index contributed by atoms with van der Waals surface area (Å²) in [5.41, 5.74) is 2.10. The number of hydrogen-bond acceptors (Lipinski definition) is 7. The number of ether oxygens (including phenoxy) is 3. The van der Waals surface area contributed by atoms with Crippen LogP contribution >= 0.6 is 0 Å². The number of aromatic nitrogens is 3. The zero-order valence-electron chi connectivity index (χ0n) is 18.6. The lowest BCUT2D eigenvalue weighted by Crippen LogP contribution is -2.24. The van der Waals surface area contributed by atoms with Gasteiger partial charge in [-0.15, -0.1) is 5.10 Å². The van der Waals surface area contributed by atoms with E-state index in [0.717, 1.165) is 30.1 Å². The van der Waals surface area contributed by atoms with Crippen LogP contribution in [0.25, 0.3) is 6.08 Å². The van der Waals surface area contributed by atoms with Gasteiger partial charge in [-0.1, -0.05) is 17.3 Å². The molecule has 2 aliphatic rings. The van der Waals surface area contributed by atoms with Crippen molar-refractivity contribution in [2.24, 2.45) is 0 Å². The van der Waals surface area contributed by atoms with Crippen molar-refractivity contribution in [3.05, 3.63) is 71.2 Å². The third-order valence-electron chi connectivity index (χ3n) is 5.85. The number of benzene rings is 2. The van der Waals surface area contributed by atoms with Gasteiger partial charge in [-0.25, -0.2) is 0 Å². The molecular weight excluding hydrogens is 420 g/mol. The smallest absolute Gasteiger partial charge is 0.231 e. The molecule has 8 heteroatoms. The first-order chi connectivity index (χ1) is 16.2. The van der Waals surface area contributed by atoms with Gasteiger partial charge in [-0.3, -0.25) is 9.48 Å². The summed E-state index contributed by atoms with van der Waals surface area (Å²) in [5.74, 6) is 1.93. The normalized spacial score (nSPS) is 16.8. The van der Waals surface area contributed by atoms with Crippen molar-refractivity contribution in [1.29, 1.82) is 0 Å². The van der Waals surface area contributed by atoms with Gasteiger partial charge in [0.1, 0.15) is 29.5 Å². The molecule has 8 nitrogen and oxygen atoms in total. The maximum absolute atomic E-state index is 12.7. The van der Waals surface area contributed by atoms with Gasteiger partial charge < -0.3 is 19.1 Å². The van der Waals surface area contributed by atoms with Crippen molar-refractivity contribution in [3.8, 4) is 17.2 Å². The summed E-state index contributed by atoms with van der Waals surface area (Å²) in [6.45, 7) is 4.45. The zero-order chi connectivity index (χ0) is 22.6. The number of likely N-dealkylation sites (tertiary alicyclic amines) is 1. The molecule has 33 heavy (non-hydrogen) atoms. The summed E-state index contributed by atoms with van der Waals surface area (Å²) in [7, 11) is 1.61. The Morgan fingerprint density at radius 3 is 2.82 bits per heavy atom. The molecule has 1 aromatic heterocycles. The lowest BCUT2D eigenvalue weighted by Gasteiger charge is -2.13. The van der Waals surface area contributed by atoms with Crippen molar-refractivity contribution >= 4 is 11.9 Å². The van der Waals surface area contributed by atoms with Crippen molar-refractivity contribution in [1.82, 2.24) is 19.9 Å². The van der Waals surface area contributed by atoms with Gasteiger partial charge in [0.25, 0.3) is 0 Å². The average molecular weight is 447 g/mol. The second-order valence-electron chi connectivity index (χ2n) is 8.18. The first-order valence-corrected chi connectivity index (χ1v) is 11.1. The highest BCUT2D eigenvalue weighted by molar-refractivity contribution is 6.14. The van der Waals surface area contributed by atoms with E-state index in [1.807, 2.05) is 35.1 Å². The highest BCUT2D eigenvalue weighted by atomic mass is 16.5. The molecule has 0 atom stereocenters. The number of hydrogen-bond donors (Lipinski definition) is 0. The Kier molecular flexibility index (Phi) is 6.08. The van der Waals surface area contributed by atoms with Gasteiger partial charge in [-0.2, -0.15) is 0 Å². The van der Waals surface area contributed by atoms with Crippen molar-refractivity contribution in [2.45, 2.75) is 26.0 Å². The molecule has 2 aromatic carbocycles. The number of methoxy groups -OCH3 is 1. The summed E-state index contributed by atoms with van der Waals surface area (Å²) < 4.78 is 18.8. The minimum absolute atomic E-state index is 0.152. The fourth-order valence-electron chi connectivity index (χ4n) is 4.06. The summed E-state index contributed by atoms with van der Waals surface area (Å²) in [4.78, 5) is 15.2. The third-order valence-corrected chi connectivity index (χ3v) is 5.85. The van der Waals surface area contributed by atoms with E-state index in [2.05, 4.69) is 15.2 Å². The first-order valence-electron chi connectivity index (χ1n) is 11.1. The second-order valence-corrected chi connectivity index (χ2v) is 8.18. The molecule has 0 aliphatic carbocycles. The van der Waals surface area contributed by atoms with Gasteiger partial charge in [-0.05, 0) is 61.8 Å². The highest BCUT2D eigenvalue weighted by Gasteiger charge is 2.27. The molecule has 5 rings (SSSR count). The molecule has 170 valence electrons. The fourth-order valence-corrected chi connectivity index (χ4v) is 4.06. The van der Waals surface area contributed by atoms with Crippen LogP contribution in [0.1, 0.15) is 34.5 Å². The van der Waals surface area contributed by atoms with Crippen LogP contribution in [0, 0.1) is 0 Å². The Balaban J connectivity index is 1.20. The number of ketones is 1. The van der Waals surface area contributed by atoms with Gasteiger partial charge in [0, 0.05) is 12.6 Å². The van der Waals surface area contributed by atoms with Crippen LogP contribution in [-0.4, -0.2) is 52.4 Å². The molecule has 3 aromatic rings. The van der Waals surface area contributed by atoms with Crippen molar-refractivity contribution in [3.63, 3.8) is 0 Å². The molecule has 0 radical (unpaired) electrons. The van der Waals surface area contributed by atoms with Crippen LogP contribution in [0.5, 0.6) is 17.2 Å². The molecule has 0 bridgehead atoms. The van der Waals surface area contributed by atoms with Crippen molar-refractivity contribution < 1.29 is 19.0 Å². The lowest BCUT2D eigenvalue weighted by molar-refractivity contribution is 0.101. The second kappa shape index (κ2) is 9.46. The van der Waals surface area contributed by atoms with E-state index in [1.54, 1.807) is 31.4 Å². The molecule has 0 unspecified atom stereocenters. The number of allylic oxidation sites excluding steroid dienone is 1. The topological polar surface area (TPSA) is 78.7 Å². The molecule has 0 saturated carbocycles. The van der Waals surface area contributed by atoms with Crippen LogP contribution in [0.15, 0.2) is 54.4 Å². The Morgan fingerprint density at radius 2 is 1.97 bits per heavy atom. The summed E-state index contributed by atoms with van der Waals surface area (Å²) in [6, 6.07) is 12.7. The Hall–Kier alpha value is -3.65. The highest BCUT2D eigenvalue weighted by Crippen LogP contribution is 2.35. The molecule has 1 saturated heterocycles. The van der Waals surface area contributed by atoms with E-state index in [4.69, 9.17) is 14.2 Å². The molecule has 0 N–H and O–H groups in total. The van der Waals surface area contributed by atoms with Gasteiger partial charge in [0.05, 0.1) is 25.4 Å². The van der Waals surface area contributed by atoms with Crippen LogP contribution < -0.4 is 14.2 Å². The quantitative estimate of drug-likeness (QED) is 0.490. The number of carbonyl (C=O) groups excluding carboxylic acids is 1. The molecule has 2 aliphatic heterocycles. The van der Waals surface area contributed by atoms with Gasteiger partial charge in [0.15, 0.2) is 5.76 Å². The molecule has 1 fully saturated rings. The predicted octanol–water partition coefficient (Wildman–Crippen LogP) is 3.58. The SMILES string of the molecule is COc1cccc(/C=C2\Oc3cc(OCc4cn(CCN5CCCC5)nn4)ccc3C2=O)c1. The fraction of sp³-hybridized carbons (Fsp3) is 0.320. The number of carbonyl (C=O) groups is 1. The lowest BCUT2D eigenvalue weighted by atomic mass is 10.1. The van der Waals surface area contributed by atoms with E-state index >= 15 is 0 Å². The van der Waals surface area contributed by atoms with E-state index < -0.39 is 0 Å². The molecule has 0 amide bonds. The maximum atomic E-state index is 12.7. The minimum Gasteiger partial charge on any atom is -0.497 e. The summed E-state index contributed by atoms with van der Waals surface area (Å²) in [5, 5.41) is 8.39. The zero-order valence-corrected chi connectivity index (χ0v) is 18.6. The van der Waals surface area contributed by atoms with E-state index in [9.17, 15) is 4.79 Å². The Morgan fingerprint density at radius 1 is 1.09 bits per heavy atom. The monoisotopic (exact) mass is 446 g/mol. The molecule has 0 spiro atoms. The number of Topliss-reactive ketones (excluding diaryl/α,β-unsaturated/α-hetero) is 1. The standard InChI is InChI=1S/C25H26N4O4/c1-31-20-6-4-5-18(13-20)14-24-25(30)22-8-7-21(15-23(22)33-24)32-17-19-16-29(27-26-19)12-11-28-9-2-3-10-28/h4-8,13-16H,2-3,9-12,17H2,1H3/b24-14-. The van der Waals surface area contributed by atoms with Gasteiger partial charge >= 0.3 is 0 Å². The van der Waals surface area contributed by atoms with Crippen LogP contribution in [0.3, 0.4) is 0 Å².